The van der Waals surface area contributed by atoms with Crippen LogP contribution < -0.4 is 10.6 Å². The van der Waals surface area contributed by atoms with Gasteiger partial charge in [-0.1, -0.05) is 20.8 Å². The molecule has 148 valence electrons. The topological polar surface area (TPSA) is 65.7 Å². The van der Waals surface area contributed by atoms with Crippen molar-refractivity contribution in [1.29, 1.82) is 0 Å². The van der Waals surface area contributed by atoms with E-state index in [-0.39, 0.29) is 5.41 Å². The van der Waals surface area contributed by atoms with Crippen molar-refractivity contribution >= 4 is 17.3 Å². The van der Waals surface area contributed by atoms with Crippen LogP contribution in [0.15, 0.2) is 27.1 Å². The van der Waals surface area contributed by atoms with E-state index in [0.717, 1.165) is 44.4 Å². The van der Waals surface area contributed by atoms with E-state index in [2.05, 4.69) is 64.7 Å². The zero-order valence-corrected chi connectivity index (χ0v) is 17.7. The molecule has 0 fully saturated rings. The van der Waals surface area contributed by atoms with E-state index in [4.69, 9.17) is 4.42 Å². The van der Waals surface area contributed by atoms with Crippen molar-refractivity contribution in [2.75, 3.05) is 26.2 Å². The average molecular weight is 390 g/mol. The highest BCUT2D eigenvalue weighted by Crippen LogP contribution is 2.24. The molecule has 0 bridgehead atoms. The maximum atomic E-state index is 5.82. The predicted octanol–water partition coefficient (Wildman–Crippen LogP) is 3.15. The molecule has 0 saturated heterocycles. The first-order valence-electron chi connectivity index (χ1n) is 9.70. The molecule has 0 aromatic carbocycles. The minimum atomic E-state index is -0.0333. The third-order valence-electron chi connectivity index (χ3n) is 4.62. The fourth-order valence-corrected chi connectivity index (χ4v) is 3.94. The molecule has 0 saturated carbocycles. The number of fused-ring (bicyclic) bond motifs is 1. The molecule has 2 N–H and O–H groups in total. The van der Waals surface area contributed by atoms with Gasteiger partial charge in [-0.3, -0.25) is 4.90 Å². The molecule has 27 heavy (non-hydrogen) atoms. The number of oxazole rings is 1. The molecule has 3 rings (SSSR count). The lowest BCUT2D eigenvalue weighted by molar-refractivity contribution is 0.260. The third kappa shape index (κ3) is 5.56. The number of thiophene rings is 1. The number of hydrogen-bond acceptors (Lipinski definition) is 5. The van der Waals surface area contributed by atoms with Crippen LogP contribution in [0, 0.1) is 0 Å². The minimum absolute atomic E-state index is 0.0333. The molecule has 0 spiro atoms. The number of hydrogen-bond donors (Lipinski definition) is 2. The van der Waals surface area contributed by atoms with Gasteiger partial charge in [-0.05, 0) is 30.4 Å². The van der Waals surface area contributed by atoms with E-state index in [9.17, 15) is 0 Å². The monoisotopic (exact) mass is 389 g/mol. The largest absolute Gasteiger partial charge is 0.443 e. The Hall–Kier alpha value is -1.86. The van der Waals surface area contributed by atoms with Crippen molar-refractivity contribution in [3.63, 3.8) is 0 Å². The minimum Gasteiger partial charge on any atom is -0.443 e. The summed E-state index contributed by atoms with van der Waals surface area (Å²) < 4.78 is 5.82. The lowest BCUT2D eigenvalue weighted by Gasteiger charge is -2.27. The van der Waals surface area contributed by atoms with Gasteiger partial charge in [0.25, 0.3) is 0 Å². The molecular weight excluding hydrogens is 358 g/mol. The van der Waals surface area contributed by atoms with Crippen LogP contribution in [0.3, 0.4) is 0 Å². The summed E-state index contributed by atoms with van der Waals surface area (Å²) in [5.41, 5.74) is 1.46. The smallest absolute Gasteiger partial charge is 0.216 e. The van der Waals surface area contributed by atoms with Crippen molar-refractivity contribution in [3.05, 3.63) is 39.7 Å². The van der Waals surface area contributed by atoms with Crippen LogP contribution in [-0.2, 0) is 24.9 Å². The van der Waals surface area contributed by atoms with Crippen LogP contribution in [0.2, 0.25) is 0 Å². The number of aromatic nitrogens is 1. The Morgan fingerprint density at radius 1 is 1.37 bits per heavy atom. The Kier molecular flexibility index (Phi) is 6.55. The summed E-state index contributed by atoms with van der Waals surface area (Å²) in [6.07, 6.45) is 2.97. The van der Waals surface area contributed by atoms with Crippen molar-refractivity contribution in [2.24, 2.45) is 4.99 Å². The second kappa shape index (κ2) is 8.89. The van der Waals surface area contributed by atoms with Gasteiger partial charge >= 0.3 is 0 Å². The molecular formula is C20H31N5OS. The SMILES string of the molecule is CCNC(=NCc1ncc(C(C)(C)C)o1)NCCN1CCc2sccc2C1. The summed E-state index contributed by atoms with van der Waals surface area (Å²) in [4.78, 5) is 13.0. The maximum absolute atomic E-state index is 5.82. The lowest BCUT2D eigenvalue weighted by atomic mass is 9.94. The van der Waals surface area contributed by atoms with Gasteiger partial charge in [0.2, 0.25) is 5.89 Å². The average Bonchev–Trinajstić information content (AvgIpc) is 3.28. The first kappa shape index (κ1) is 19.9. The molecule has 1 aliphatic heterocycles. The molecule has 7 heteroatoms. The van der Waals surface area contributed by atoms with Crippen LogP contribution >= 0.6 is 11.3 Å². The molecule has 0 unspecified atom stereocenters. The first-order valence-corrected chi connectivity index (χ1v) is 10.6. The van der Waals surface area contributed by atoms with Gasteiger partial charge in [-0.25, -0.2) is 9.98 Å². The highest BCUT2D eigenvalue weighted by molar-refractivity contribution is 7.10. The highest BCUT2D eigenvalue weighted by Gasteiger charge is 2.19. The zero-order valence-electron chi connectivity index (χ0n) is 16.8. The van der Waals surface area contributed by atoms with Gasteiger partial charge < -0.3 is 15.1 Å². The Morgan fingerprint density at radius 3 is 2.96 bits per heavy atom. The Balaban J connectivity index is 1.48. The summed E-state index contributed by atoms with van der Waals surface area (Å²) in [5, 5.41) is 8.92. The Morgan fingerprint density at radius 2 is 2.22 bits per heavy atom. The van der Waals surface area contributed by atoms with E-state index in [1.165, 1.54) is 12.0 Å². The zero-order chi connectivity index (χ0) is 19.3. The second-order valence-electron chi connectivity index (χ2n) is 7.89. The standard InChI is InChI=1S/C20H31N5OS/c1-5-21-19(24-13-18-23-12-17(26-18)20(2,3)4)22-8-10-25-9-6-16-15(14-25)7-11-27-16/h7,11-12H,5-6,8-10,13-14H2,1-4H3,(H2,21,22,24). The van der Waals surface area contributed by atoms with Crippen LogP contribution in [-0.4, -0.2) is 42.0 Å². The maximum Gasteiger partial charge on any atom is 0.216 e. The van der Waals surface area contributed by atoms with Gasteiger partial charge in [-0.15, -0.1) is 11.3 Å². The third-order valence-corrected chi connectivity index (χ3v) is 5.64. The molecule has 0 amide bonds. The summed E-state index contributed by atoms with van der Waals surface area (Å²) >= 11 is 1.88. The van der Waals surface area contributed by atoms with Crippen molar-refractivity contribution in [1.82, 2.24) is 20.5 Å². The number of rotatable bonds is 6. The lowest BCUT2D eigenvalue weighted by Crippen LogP contribution is -2.42. The van der Waals surface area contributed by atoms with Gasteiger partial charge in [-0.2, -0.15) is 0 Å². The Labute approximate surface area is 166 Å². The van der Waals surface area contributed by atoms with Gasteiger partial charge in [0, 0.05) is 43.0 Å². The van der Waals surface area contributed by atoms with E-state index in [1.54, 1.807) is 11.1 Å². The summed E-state index contributed by atoms with van der Waals surface area (Å²) in [6.45, 7) is 13.7. The molecule has 3 heterocycles. The van der Waals surface area contributed by atoms with Crippen molar-refractivity contribution in [2.45, 2.75) is 52.6 Å². The summed E-state index contributed by atoms with van der Waals surface area (Å²) in [5.74, 6) is 2.35. The molecule has 2 aromatic heterocycles. The number of aliphatic imine (C=N–C) groups is 1. The fraction of sp³-hybridized carbons (Fsp3) is 0.600. The van der Waals surface area contributed by atoms with E-state index in [1.807, 2.05) is 11.3 Å². The molecule has 1 aliphatic rings. The molecule has 0 aliphatic carbocycles. The predicted molar refractivity (Wildman–Crippen MR) is 111 cm³/mol. The molecule has 0 atom stereocenters. The summed E-state index contributed by atoms with van der Waals surface area (Å²) in [6, 6.07) is 2.26. The summed E-state index contributed by atoms with van der Waals surface area (Å²) in [7, 11) is 0. The van der Waals surface area contributed by atoms with E-state index < -0.39 is 0 Å². The molecule has 2 aromatic rings. The quantitative estimate of drug-likeness (QED) is 0.587. The van der Waals surface area contributed by atoms with E-state index >= 15 is 0 Å². The number of nitrogens with zero attached hydrogens (tertiary/aromatic N) is 3. The highest BCUT2D eigenvalue weighted by atomic mass is 32.1. The van der Waals surface area contributed by atoms with Gasteiger partial charge in [0.15, 0.2) is 5.96 Å². The van der Waals surface area contributed by atoms with E-state index in [0.29, 0.717) is 12.4 Å². The fourth-order valence-electron chi connectivity index (χ4n) is 3.05. The van der Waals surface area contributed by atoms with Gasteiger partial charge in [0.1, 0.15) is 12.3 Å². The van der Waals surface area contributed by atoms with Crippen molar-refractivity contribution < 1.29 is 4.42 Å². The Bertz CT molecular complexity index is 759. The number of guanidine groups is 1. The molecule has 0 radical (unpaired) electrons. The number of nitrogens with one attached hydrogen (secondary N) is 2. The second-order valence-corrected chi connectivity index (χ2v) is 8.89. The van der Waals surface area contributed by atoms with Crippen LogP contribution in [0.1, 0.15) is 49.8 Å². The van der Waals surface area contributed by atoms with Crippen LogP contribution in [0.4, 0.5) is 0 Å². The van der Waals surface area contributed by atoms with Crippen molar-refractivity contribution in [3.8, 4) is 0 Å². The van der Waals surface area contributed by atoms with Gasteiger partial charge in [0.05, 0.1) is 6.20 Å². The van der Waals surface area contributed by atoms with Crippen LogP contribution in [0.25, 0.3) is 0 Å². The van der Waals surface area contributed by atoms with Crippen LogP contribution in [0.5, 0.6) is 0 Å². The first-order chi connectivity index (χ1) is 13.0. The normalized spacial score (nSPS) is 15.6. The molecule has 6 nitrogen and oxygen atoms in total.